The lowest BCUT2D eigenvalue weighted by Crippen LogP contribution is -2.51. The van der Waals surface area contributed by atoms with E-state index in [9.17, 15) is 9.59 Å². The highest BCUT2D eigenvalue weighted by molar-refractivity contribution is 6.00. The summed E-state index contributed by atoms with van der Waals surface area (Å²) in [6.07, 6.45) is 7.14. The van der Waals surface area contributed by atoms with Gasteiger partial charge in [0, 0.05) is 58.2 Å². The number of nitrogens with one attached hydrogen (secondary N) is 2. The number of halogens is 1. The van der Waals surface area contributed by atoms with Crippen LogP contribution in [-0.2, 0) is 16.6 Å². The lowest BCUT2D eigenvalue weighted by atomic mass is 10.0. The Morgan fingerprint density at radius 1 is 1.38 bits per heavy atom. The zero-order valence-electron chi connectivity index (χ0n) is 14.5. The minimum atomic E-state index is -0.330. The van der Waals surface area contributed by atoms with Gasteiger partial charge in [-0.1, -0.05) is 0 Å². The Bertz CT molecular complexity index is 775. The molecular weight excluding hydrogens is 358 g/mol. The number of aromatic nitrogens is 4. The molecular formula is C16H22ClN7O2. The van der Waals surface area contributed by atoms with E-state index >= 15 is 0 Å². The first-order valence-corrected chi connectivity index (χ1v) is 8.42. The molecule has 9 nitrogen and oxygen atoms in total. The Hall–Kier alpha value is -2.39. The molecule has 0 spiro atoms. The maximum Gasteiger partial charge on any atom is 0.228 e. The van der Waals surface area contributed by atoms with Gasteiger partial charge in [0.1, 0.15) is 11.9 Å². The van der Waals surface area contributed by atoms with E-state index in [1.807, 2.05) is 22.7 Å². The Kier molecular flexibility index (Phi) is 5.28. The highest BCUT2D eigenvalue weighted by atomic mass is 35.5. The number of aryl methyl sites for hydroxylation is 1. The van der Waals surface area contributed by atoms with Crippen molar-refractivity contribution in [1.29, 1.82) is 0 Å². The van der Waals surface area contributed by atoms with Gasteiger partial charge >= 0.3 is 0 Å². The number of amides is 2. The summed E-state index contributed by atoms with van der Waals surface area (Å²) in [5.41, 5.74) is 0.710. The summed E-state index contributed by atoms with van der Waals surface area (Å²) in [4.78, 5) is 33.4. The van der Waals surface area contributed by atoms with Crippen molar-refractivity contribution in [2.75, 3.05) is 31.1 Å². The smallest absolute Gasteiger partial charge is 0.228 e. The van der Waals surface area contributed by atoms with Crippen LogP contribution in [0.3, 0.4) is 0 Å². The molecule has 0 radical (unpaired) electrons. The van der Waals surface area contributed by atoms with E-state index in [4.69, 9.17) is 0 Å². The second kappa shape index (κ2) is 7.46. The first-order chi connectivity index (χ1) is 12.1. The number of carbonyl (C=O) groups is 2. The summed E-state index contributed by atoms with van der Waals surface area (Å²) in [6, 6.07) is -0.112. The van der Waals surface area contributed by atoms with Crippen LogP contribution >= 0.6 is 12.4 Å². The largest absolute Gasteiger partial charge is 0.336 e. The van der Waals surface area contributed by atoms with Crippen LogP contribution in [0.5, 0.6) is 0 Å². The van der Waals surface area contributed by atoms with Crippen molar-refractivity contribution in [2.45, 2.75) is 12.5 Å². The van der Waals surface area contributed by atoms with E-state index < -0.39 is 0 Å². The highest BCUT2D eigenvalue weighted by Gasteiger charge is 2.40. The second-order valence-electron chi connectivity index (χ2n) is 6.51. The van der Waals surface area contributed by atoms with E-state index in [0.717, 1.165) is 12.4 Å². The molecule has 26 heavy (non-hydrogen) atoms. The standard InChI is InChI=1S/C16H21N7O2.ClH/c1-21-4-3-18-15(21)13-9-17-2-5-22(13)16(25)11-6-14(24)23(10-11)12-7-19-20-8-12;/h3-4,7-8,11,13,17H,2,5-6,9-10H2,1H3,(H,19,20);1H. The van der Waals surface area contributed by atoms with Gasteiger partial charge in [0.2, 0.25) is 11.8 Å². The lowest BCUT2D eigenvalue weighted by Gasteiger charge is -2.37. The second-order valence-corrected chi connectivity index (χ2v) is 6.51. The Labute approximate surface area is 157 Å². The molecule has 2 amide bonds. The Balaban J connectivity index is 0.00000196. The fraction of sp³-hybridized carbons (Fsp3) is 0.500. The van der Waals surface area contributed by atoms with Crippen LogP contribution in [0.25, 0.3) is 0 Å². The van der Waals surface area contributed by atoms with Gasteiger partial charge in [-0.15, -0.1) is 12.4 Å². The molecule has 0 aromatic carbocycles. The van der Waals surface area contributed by atoms with Crippen molar-refractivity contribution < 1.29 is 9.59 Å². The molecule has 2 aromatic rings. The monoisotopic (exact) mass is 379 g/mol. The molecule has 2 aromatic heterocycles. The third kappa shape index (κ3) is 3.19. The van der Waals surface area contributed by atoms with Crippen LogP contribution in [0, 0.1) is 5.92 Å². The average molecular weight is 380 g/mol. The molecule has 2 aliphatic rings. The van der Waals surface area contributed by atoms with E-state index in [2.05, 4.69) is 20.5 Å². The SMILES string of the molecule is Cl.Cn1ccnc1C1CNCCN1C(=O)C1CC(=O)N(c2cn[nH]c2)C1. The van der Waals surface area contributed by atoms with Gasteiger partial charge in [0.25, 0.3) is 0 Å². The van der Waals surface area contributed by atoms with Gasteiger partial charge in [-0.3, -0.25) is 14.7 Å². The highest BCUT2D eigenvalue weighted by Crippen LogP contribution is 2.29. The van der Waals surface area contributed by atoms with Crippen molar-refractivity contribution in [1.82, 2.24) is 30.0 Å². The van der Waals surface area contributed by atoms with Crippen LogP contribution in [0.1, 0.15) is 18.3 Å². The lowest BCUT2D eigenvalue weighted by molar-refractivity contribution is -0.139. The average Bonchev–Trinajstić information content (AvgIpc) is 3.35. The van der Waals surface area contributed by atoms with E-state index in [-0.39, 0.29) is 42.6 Å². The van der Waals surface area contributed by atoms with Crippen molar-refractivity contribution in [2.24, 2.45) is 13.0 Å². The summed E-state index contributed by atoms with van der Waals surface area (Å²) in [6.45, 7) is 2.43. The number of imidazole rings is 1. The molecule has 4 heterocycles. The van der Waals surface area contributed by atoms with Gasteiger partial charge < -0.3 is 19.7 Å². The molecule has 4 rings (SSSR count). The van der Waals surface area contributed by atoms with Crippen LogP contribution < -0.4 is 10.2 Å². The summed E-state index contributed by atoms with van der Waals surface area (Å²) < 4.78 is 1.94. The number of hydrogen-bond donors (Lipinski definition) is 2. The van der Waals surface area contributed by atoms with Crippen LogP contribution in [0.4, 0.5) is 5.69 Å². The first kappa shape index (κ1) is 18.4. The molecule has 2 fully saturated rings. The molecule has 2 unspecified atom stereocenters. The number of rotatable bonds is 3. The number of H-pyrrole nitrogens is 1. The van der Waals surface area contributed by atoms with Gasteiger partial charge in [-0.25, -0.2) is 4.98 Å². The van der Waals surface area contributed by atoms with Crippen LogP contribution in [0.2, 0.25) is 0 Å². The zero-order valence-corrected chi connectivity index (χ0v) is 15.3. The summed E-state index contributed by atoms with van der Waals surface area (Å²) in [5, 5.41) is 9.92. The van der Waals surface area contributed by atoms with E-state index in [1.54, 1.807) is 23.5 Å². The van der Waals surface area contributed by atoms with Crippen LogP contribution in [0.15, 0.2) is 24.8 Å². The molecule has 2 N–H and O–H groups in total. The molecule has 140 valence electrons. The maximum absolute atomic E-state index is 13.1. The first-order valence-electron chi connectivity index (χ1n) is 8.42. The third-order valence-corrected chi connectivity index (χ3v) is 4.95. The molecule has 0 bridgehead atoms. The fourth-order valence-corrected chi connectivity index (χ4v) is 3.65. The number of aromatic amines is 1. The summed E-state index contributed by atoms with van der Waals surface area (Å²) >= 11 is 0. The number of anilines is 1. The topological polar surface area (TPSA) is 99.2 Å². The Morgan fingerprint density at radius 3 is 2.92 bits per heavy atom. The van der Waals surface area contributed by atoms with Crippen molar-refractivity contribution >= 4 is 29.9 Å². The van der Waals surface area contributed by atoms with Crippen molar-refractivity contribution in [3.05, 3.63) is 30.6 Å². The number of piperazine rings is 1. The number of hydrogen-bond acceptors (Lipinski definition) is 5. The molecule has 10 heteroatoms. The number of nitrogens with zero attached hydrogens (tertiary/aromatic N) is 5. The number of carbonyl (C=O) groups excluding carboxylic acids is 2. The van der Waals surface area contributed by atoms with Crippen molar-refractivity contribution in [3.63, 3.8) is 0 Å². The van der Waals surface area contributed by atoms with Crippen LogP contribution in [-0.4, -0.2) is 62.6 Å². The third-order valence-electron chi connectivity index (χ3n) is 4.95. The summed E-state index contributed by atoms with van der Waals surface area (Å²) in [7, 11) is 1.93. The van der Waals surface area contributed by atoms with Gasteiger partial charge in [0.05, 0.1) is 17.8 Å². The van der Waals surface area contributed by atoms with Gasteiger partial charge in [0.15, 0.2) is 0 Å². The molecule has 2 aliphatic heterocycles. The van der Waals surface area contributed by atoms with Gasteiger partial charge in [-0.2, -0.15) is 5.10 Å². The normalized spacial score (nSPS) is 23.2. The summed E-state index contributed by atoms with van der Waals surface area (Å²) in [5.74, 6) is 0.511. The minimum absolute atomic E-state index is 0. The Morgan fingerprint density at radius 2 is 2.23 bits per heavy atom. The predicted octanol–water partition coefficient (Wildman–Crippen LogP) is 0.0910. The van der Waals surface area contributed by atoms with Gasteiger partial charge in [-0.05, 0) is 0 Å². The minimum Gasteiger partial charge on any atom is -0.336 e. The molecule has 2 atom stereocenters. The van der Waals surface area contributed by atoms with E-state index in [1.165, 1.54) is 0 Å². The molecule has 2 saturated heterocycles. The zero-order chi connectivity index (χ0) is 17.4. The molecule has 0 aliphatic carbocycles. The molecule has 0 saturated carbocycles. The predicted molar refractivity (Wildman–Crippen MR) is 96.8 cm³/mol. The van der Waals surface area contributed by atoms with E-state index in [0.29, 0.717) is 25.3 Å². The quantitative estimate of drug-likeness (QED) is 0.787. The maximum atomic E-state index is 13.1. The van der Waals surface area contributed by atoms with Crippen molar-refractivity contribution in [3.8, 4) is 0 Å². The fourth-order valence-electron chi connectivity index (χ4n) is 3.65.